The molecule has 1 aromatic carbocycles. The van der Waals surface area contributed by atoms with E-state index in [1.54, 1.807) is 30.4 Å². The molecule has 9 heteroatoms. The van der Waals surface area contributed by atoms with Crippen LogP contribution in [0.1, 0.15) is 37.9 Å². The highest BCUT2D eigenvalue weighted by molar-refractivity contribution is 7.90. The summed E-state index contributed by atoms with van der Waals surface area (Å²) in [6.07, 6.45) is 8.74. The number of sulfonamides is 1. The minimum Gasteiger partial charge on any atom is -0.495 e. The summed E-state index contributed by atoms with van der Waals surface area (Å²) in [5.41, 5.74) is 4.47. The molecular formula is C26H27N5O3S. The minimum atomic E-state index is -4.09. The third-order valence-corrected chi connectivity index (χ3v) is 8.22. The van der Waals surface area contributed by atoms with Crippen LogP contribution in [-0.4, -0.2) is 43.8 Å². The lowest BCUT2D eigenvalue weighted by molar-refractivity contribution is 0.403. The number of benzene rings is 1. The van der Waals surface area contributed by atoms with E-state index >= 15 is 0 Å². The van der Waals surface area contributed by atoms with E-state index in [1.165, 1.54) is 7.11 Å². The standard InChI is InChI=1S/C26H27N5O3S/c1-16-13-18(15-27)7-9-21(16)30-35(32,33)24-14-19(8-10-23(24)34-3)25-20-5-4-6-22(20)28-26(29-25)31-12-11-17(31)2/h7-10,13-14,16-17H,4-6,11-12H2,1-3H3/t16?,17-/m0/s1. The van der Waals surface area contributed by atoms with Gasteiger partial charge in [0.1, 0.15) is 10.6 Å². The predicted octanol–water partition coefficient (Wildman–Crippen LogP) is 4.03. The molecule has 2 aliphatic carbocycles. The maximum absolute atomic E-state index is 13.4. The van der Waals surface area contributed by atoms with Crippen molar-refractivity contribution in [2.24, 2.45) is 10.3 Å². The summed E-state index contributed by atoms with van der Waals surface area (Å²) in [7, 11) is -2.64. The highest BCUT2D eigenvalue weighted by atomic mass is 32.2. The fourth-order valence-corrected chi connectivity index (χ4v) is 6.02. The van der Waals surface area contributed by atoms with Gasteiger partial charge in [-0.1, -0.05) is 13.0 Å². The lowest BCUT2D eigenvalue weighted by atomic mass is 9.97. The largest absolute Gasteiger partial charge is 0.495 e. The highest BCUT2D eigenvalue weighted by Crippen LogP contribution is 2.37. The number of aromatic nitrogens is 2. The molecule has 2 atom stereocenters. The normalized spacial score (nSPS) is 22.4. The van der Waals surface area contributed by atoms with Crippen LogP contribution in [-0.2, 0) is 22.9 Å². The van der Waals surface area contributed by atoms with Crippen LogP contribution in [0.4, 0.5) is 5.95 Å². The van der Waals surface area contributed by atoms with Crippen molar-refractivity contribution in [3.63, 3.8) is 0 Å². The molecule has 3 aliphatic rings. The number of methoxy groups -OCH3 is 1. The van der Waals surface area contributed by atoms with E-state index in [1.807, 2.05) is 13.0 Å². The fraction of sp³-hybridized carbons (Fsp3) is 0.385. The number of nitrogens with zero attached hydrogens (tertiary/aromatic N) is 5. The molecule has 35 heavy (non-hydrogen) atoms. The molecule has 1 aliphatic heterocycles. The molecule has 0 N–H and O–H groups in total. The smallest absolute Gasteiger partial charge is 0.286 e. The molecule has 0 radical (unpaired) electrons. The Balaban J connectivity index is 1.59. The maximum atomic E-state index is 13.4. The monoisotopic (exact) mass is 489 g/mol. The second kappa shape index (κ2) is 8.93. The fourth-order valence-electron chi connectivity index (χ4n) is 4.74. The molecule has 0 bridgehead atoms. The van der Waals surface area contributed by atoms with Gasteiger partial charge in [-0.2, -0.15) is 18.1 Å². The molecule has 1 saturated heterocycles. The Morgan fingerprint density at radius 1 is 1.20 bits per heavy atom. The van der Waals surface area contributed by atoms with Crippen LogP contribution in [0.15, 0.2) is 51.3 Å². The molecule has 0 spiro atoms. The number of rotatable bonds is 5. The molecule has 0 saturated carbocycles. The number of hydrogen-bond donors (Lipinski definition) is 0. The average molecular weight is 490 g/mol. The van der Waals surface area contributed by atoms with Crippen LogP contribution in [0.2, 0.25) is 0 Å². The predicted molar refractivity (Wildman–Crippen MR) is 134 cm³/mol. The molecule has 1 fully saturated rings. The van der Waals surface area contributed by atoms with Gasteiger partial charge in [0.05, 0.1) is 24.6 Å². The Morgan fingerprint density at radius 3 is 2.69 bits per heavy atom. The van der Waals surface area contributed by atoms with Crippen LogP contribution in [0.3, 0.4) is 0 Å². The Morgan fingerprint density at radius 2 is 2.03 bits per heavy atom. The van der Waals surface area contributed by atoms with E-state index in [-0.39, 0.29) is 16.6 Å². The van der Waals surface area contributed by atoms with E-state index in [0.717, 1.165) is 49.2 Å². The van der Waals surface area contributed by atoms with E-state index in [9.17, 15) is 8.42 Å². The van der Waals surface area contributed by atoms with Crippen molar-refractivity contribution in [3.8, 4) is 23.1 Å². The van der Waals surface area contributed by atoms with Crippen molar-refractivity contribution in [1.82, 2.24) is 9.97 Å². The van der Waals surface area contributed by atoms with E-state index in [2.05, 4.69) is 22.3 Å². The zero-order chi connectivity index (χ0) is 24.7. The first-order valence-corrected chi connectivity index (χ1v) is 13.2. The molecule has 1 aromatic heterocycles. The quantitative estimate of drug-likeness (QED) is 0.624. The van der Waals surface area contributed by atoms with Crippen LogP contribution in [0.5, 0.6) is 5.75 Å². The van der Waals surface area contributed by atoms with Gasteiger partial charge < -0.3 is 9.64 Å². The molecule has 0 amide bonds. The number of ether oxygens (including phenoxy) is 1. The Labute approximate surface area is 205 Å². The molecule has 2 aromatic rings. The Bertz CT molecular complexity index is 1440. The summed E-state index contributed by atoms with van der Waals surface area (Å²) in [6.45, 7) is 4.89. The van der Waals surface area contributed by atoms with Gasteiger partial charge in [0.2, 0.25) is 5.95 Å². The summed E-state index contributed by atoms with van der Waals surface area (Å²) in [6, 6.07) is 7.58. The lowest BCUT2D eigenvalue weighted by Gasteiger charge is -2.39. The highest BCUT2D eigenvalue weighted by Gasteiger charge is 2.30. The lowest BCUT2D eigenvalue weighted by Crippen LogP contribution is -2.46. The van der Waals surface area contributed by atoms with E-state index in [0.29, 0.717) is 28.8 Å². The van der Waals surface area contributed by atoms with Crippen molar-refractivity contribution >= 4 is 21.7 Å². The third kappa shape index (κ3) is 4.23. The third-order valence-electron chi connectivity index (χ3n) is 6.90. The molecule has 8 nitrogen and oxygen atoms in total. The van der Waals surface area contributed by atoms with Crippen LogP contribution in [0, 0.1) is 17.2 Å². The first-order chi connectivity index (χ1) is 16.8. The van der Waals surface area contributed by atoms with Crippen LogP contribution < -0.4 is 9.64 Å². The van der Waals surface area contributed by atoms with Gasteiger partial charge >= 0.3 is 0 Å². The van der Waals surface area contributed by atoms with Crippen molar-refractivity contribution in [2.75, 3.05) is 18.6 Å². The summed E-state index contributed by atoms with van der Waals surface area (Å²) >= 11 is 0. The maximum Gasteiger partial charge on any atom is 0.286 e. The van der Waals surface area contributed by atoms with Gasteiger partial charge in [-0.3, -0.25) is 0 Å². The summed E-state index contributed by atoms with van der Waals surface area (Å²) in [4.78, 5) is 11.9. The van der Waals surface area contributed by atoms with Crippen molar-refractivity contribution < 1.29 is 13.2 Å². The van der Waals surface area contributed by atoms with Crippen LogP contribution >= 0.6 is 0 Å². The second-order valence-corrected chi connectivity index (χ2v) is 10.8. The number of anilines is 1. The number of aryl methyl sites for hydroxylation is 1. The van der Waals surface area contributed by atoms with Crippen molar-refractivity contribution in [3.05, 3.63) is 53.3 Å². The SMILES string of the molecule is COc1ccc(-c2nc(N3CC[C@@H]3C)nc3c2CCC3)cc1S(=O)(=O)N=C1C=CC(C#N)=CC1C. The number of nitriles is 1. The van der Waals surface area contributed by atoms with Crippen molar-refractivity contribution in [2.45, 2.75) is 50.5 Å². The topological polar surface area (TPSA) is 109 Å². The number of hydrogen-bond acceptors (Lipinski definition) is 7. The summed E-state index contributed by atoms with van der Waals surface area (Å²) in [5.74, 6) is 0.631. The van der Waals surface area contributed by atoms with Crippen molar-refractivity contribution in [1.29, 1.82) is 5.26 Å². The zero-order valence-corrected chi connectivity index (χ0v) is 20.8. The molecule has 1 unspecified atom stereocenters. The second-order valence-electron chi connectivity index (χ2n) is 9.19. The Kier molecular flexibility index (Phi) is 5.93. The molecular weight excluding hydrogens is 462 g/mol. The number of allylic oxidation sites excluding steroid dienone is 4. The summed E-state index contributed by atoms with van der Waals surface area (Å²) < 4.78 is 36.4. The zero-order valence-electron chi connectivity index (χ0n) is 20.0. The van der Waals surface area contributed by atoms with Gasteiger partial charge in [0, 0.05) is 40.9 Å². The van der Waals surface area contributed by atoms with Gasteiger partial charge in [0.25, 0.3) is 10.0 Å². The van der Waals surface area contributed by atoms with Crippen LogP contribution in [0.25, 0.3) is 11.3 Å². The van der Waals surface area contributed by atoms with Gasteiger partial charge in [-0.05, 0) is 63.0 Å². The average Bonchev–Trinajstić information content (AvgIpc) is 3.32. The Hall–Kier alpha value is -3.51. The molecule has 2 heterocycles. The van der Waals surface area contributed by atoms with Gasteiger partial charge in [0.15, 0.2) is 0 Å². The number of fused-ring (bicyclic) bond motifs is 1. The minimum absolute atomic E-state index is 0.00936. The van der Waals surface area contributed by atoms with Gasteiger partial charge in [-0.15, -0.1) is 0 Å². The van der Waals surface area contributed by atoms with E-state index in [4.69, 9.17) is 20.0 Å². The molecule has 5 rings (SSSR count). The first kappa shape index (κ1) is 23.2. The van der Waals surface area contributed by atoms with E-state index < -0.39 is 10.0 Å². The summed E-state index contributed by atoms with van der Waals surface area (Å²) in [5, 5.41) is 9.11. The first-order valence-electron chi connectivity index (χ1n) is 11.8. The molecule has 180 valence electrons. The van der Waals surface area contributed by atoms with Gasteiger partial charge in [-0.25, -0.2) is 9.97 Å².